The van der Waals surface area contributed by atoms with Crippen LogP contribution in [-0.4, -0.2) is 23.9 Å². The van der Waals surface area contributed by atoms with E-state index in [9.17, 15) is 13.9 Å². The minimum atomic E-state index is -0.877. The number of halogens is 2. The molecule has 1 fully saturated rings. The molecule has 1 aromatic rings. The van der Waals surface area contributed by atoms with Gasteiger partial charge >= 0.3 is 0 Å². The number of hydrogen-bond acceptors (Lipinski definition) is 2. The fraction of sp³-hybridized carbons (Fsp3) is 0.571. The Bertz CT molecular complexity index is 414. The average Bonchev–Trinajstić information content (AvgIpc) is 2.85. The van der Waals surface area contributed by atoms with E-state index in [0.29, 0.717) is 0 Å². The lowest BCUT2D eigenvalue weighted by atomic mass is 9.89. The van der Waals surface area contributed by atoms with Crippen molar-refractivity contribution in [1.29, 1.82) is 0 Å². The van der Waals surface area contributed by atoms with Gasteiger partial charge in [-0.15, -0.1) is 0 Å². The summed E-state index contributed by atoms with van der Waals surface area (Å²) in [6.07, 6.45) is 2.80. The molecule has 2 rings (SSSR count). The summed E-state index contributed by atoms with van der Waals surface area (Å²) >= 11 is 0. The zero-order valence-electron chi connectivity index (χ0n) is 10.5. The second-order valence-electron chi connectivity index (χ2n) is 4.91. The maximum atomic E-state index is 13.6. The van der Waals surface area contributed by atoms with Gasteiger partial charge in [0.1, 0.15) is 0 Å². The predicted octanol–water partition coefficient (Wildman–Crippen LogP) is 2.83. The molecular formula is C14H18F2O2. The lowest BCUT2D eigenvalue weighted by Gasteiger charge is -2.33. The van der Waals surface area contributed by atoms with E-state index >= 15 is 0 Å². The molecule has 0 aliphatic heterocycles. The molecule has 4 heteroatoms. The molecule has 2 nitrogen and oxygen atoms in total. The molecule has 1 aliphatic rings. The van der Waals surface area contributed by atoms with E-state index < -0.39 is 23.3 Å². The Hall–Kier alpha value is -1.00. The number of aliphatic hydroxyl groups is 1. The Morgan fingerprint density at radius 3 is 2.61 bits per heavy atom. The minimum absolute atomic E-state index is 0.0808. The number of rotatable bonds is 4. The van der Waals surface area contributed by atoms with Gasteiger partial charge in [-0.3, -0.25) is 0 Å². The first-order valence-corrected chi connectivity index (χ1v) is 6.25. The van der Waals surface area contributed by atoms with Crippen LogP contribution in [0, 0.1) is 11.6 Å². The van der Waals surface area contributed by atoms with Gasteiger partial charge in [0.05, 0.1) is 11.7 Å². The number of benzene rings is 1. The summed E-state index contributed by atoms with van der Waals surface area (Å²) in [5.41, 5.74) is -0.399. The second-order valence-corrected chi connectivity index (χ2v) is 4.91. The van der Waals surface area contributed by atoms with Gasteiger partial charge in [0.25, 0.3) is 0 Å². The van der Waals surface area contributed by atoms with Crippen molar-refractivity contribution in [3.8, 4) is 0 Å². The minimum Gasteiger partial charge on any atom is -0.390 e. The van der Waals surface area contributed by atoms with Crippen LogP contribution in [0.3, 0.4) is 0 Å². The monoisotopic (exact) mass is 256 g/mol. The highest BCUT2D eigenvalue weighted by molar-refractivity contribution is 5.20. The van der Waals surface area contributed by atoms with Gasteiger partial charge in [-0.05, 0) is 24.5 Å². The lowest BCUT2D eigenvalue weighted by molar-refractivity contribution is -0.0973. The molecule has 1 aromatic carbocycles. The third kappa shape index (κ3) is 2.40. The van der Waals surface area contributed by atoms with Crippen LogP contribution in [0.2, 0.25) is 0 Å². The molecule has 18 heavy (non-hydrogen) atoms. The number of ether oxygens (including phenoxy) is 1. The molecule has 1 saturated carbocycles. The van der Waals surface area contributed by atoms with Crippen LogP contribution in [0.5, 0.6) is 0 Å². The average molecular weight is 256 g/mol. The molecule has 0 aromatic heterocycles. The standard InChI is InChI=1S/C14H18F2O2/c1-18-14(7-2-3-8-14)12(17)9-10-5-4-6-11(15)13(10)16/h4-6,12,17H,2-3,7-9H2,1H3. The Balaban J connectivity index is 2.15. The van der Waals surface area contributed by atoms with Gasteiger partial charge in [0, 0.05) is 13.5 Å². The third-order valence-corrected chi connectivity index (χ3v) is 3.91. The van der Waals surface area contributed by atoms with E-state index in [-0.39, 0.29) is 12.0 Å². The van der Waals surface area contributed by atoms with Crippen LogP contribution in [0.15, 0.2) is 18.2 Å². The maximum absolute atomic E-state index is 13.6. The normalized spacial score (nSPS) is 20.0. The SMILES string of the molecule is COC1(C(O)Cc2cccc(F)c2F)CCCC1. The fourth-order valence-corrected chi connectivity index (χ4v) is 2.75. The first-order valence-electron chi connectivity index (χ1n) is 6.25. The number of methoxy groups -OCH3 is 1. The zero-order chi connectivity index (χ0) is 13.2. The van der Waals surface area contributed by atoms with Crippen molar-refractivity contribution in [2.24, 2.45) is 0 Å². The molecule has 1 unspecified atom stereocenters. The molecule has 100 valence electrons. The van der Waals surface area contributed by atoms with Crippen molar-refractivity contribution >= 4 is 0 Å². The Labute approximate surface area is 106 Å². The molecule has 0 spiro atoms. The highest BCUT2D eigenvalue weighted by Crippen LogP contribution is 2.37. The van der Waals surface area contributed by atoms with Crippen molar-refractivity contribution in [3.05, 3.63) is 35.4 Å². The second kappa shape index (κ2) is 5.33. The smallest absolute Gasteiger partial charge is 0.162 e. The van der Waals surface area contributed by atoms with Crippen LogP contribution < -0.4 is 0 Å². The molecule has 1 N–H and O–H groups in total. The topological polar surface area (TPSA) is 29.5 Å². The highest BCUT2D eigenvalue weighted by Gasteiger charge is 2.41. The van der Waals surface area contributed by atoms with E-state index in [2.05, 4.69) is 0 Å². The summed E-state index contributed by atoms with van der Waals surface area (Å²) < 4.78 is 32.1. The Morgan fingerprint density at radius 2 is 2.00 bits per heavy atom. The van der Waals surface area contributed by atoms with Crippen LogP contribution >= 0.6 is 0 Å². The van der Waals surface area contributed by atoms with Crippen LogP contribution in [0.4, 0.5) is 8.78 Å². The van der Waals surface area contributed by atoms with Gasteiger partial charge in [-0.2, -0.15) is 0 Å². The first-order chi connectivity index (χ1) is 8.59. The number of aliphatic hydroxyl groups excluding tert-OH is 1. The van der Waals surface area contributed by atoms with Crippen molar-refractivity contribution in [2.45, 2.75) is 43.8 Å². The van der Waals surface area contributed by atoms with Crippen LogP contribution in [0.25, 0.3) is 0 Å². The predicted molar refractivity (Wildman–Crippen MR) is 64.3 cm³/mol. The lowest BCUT2D eigenvalue weighted by Crippen LogP contribution is -2.43. The third-order valence-electron chi connectivity index (χ3n) is 3.91. The van der Waals surface area contributed by atoms with Crippen LogP contribution in [0.1, 0.15) is 31.2 Å². The van der Waals surface area contributed by atoms with E-state index in [1.165, 1.54) is 12.1 Å². The molecule has 0 saturated heterocycles. The molecule has 1 aliphatic carbocycles. The van der Waals surface area contributed by atoms with Gasteiger partial charge in [0.2, 0.25) is 0 Å². The Kier molecular flexibility index (Phi) is 3.97. The van der Waals surface area contributed by atoms with Gasteiger partial charge in [-0.25, -0.2) is 8.78 Å². The van der Waals surface area contributed by atoms with E-state index in [4.69, 9.17) is 4.74 Å². The van der Waals surface area contributed by atoms with E-state index in [0.717, 1.165) is 31.7 Å². The molecule has 0 amide bonds. The maximum Gasteiger partial charge on any atom is 0.162 e. The number of hydrogen-bond donors (Lipinski definition) is 1. The molecular weight excluding hydrogens is 238 g/mol. The zero-order valence-corrected chi connectivity index (χ0v) is 10.5. The summed E-state index contributed by atoms with van der Waals surface area (Å²) in [5.74, 6) is -1.75. The van der Waals surface area contributed by atoms with Crippen molar-refractivity contribution in [1.82, 2.24) is 0 Å². The van der Waals surface area contributed by atoms with Crippen molar-refractivity contribution < 1.29 is 18.6 Å². The largest absolute Gasteiger partial charge is 0.390 e. The van der Waals surface area contributed by atoms with E-state index in [1.807, 2.05) is 0 Å². The van der Waals surface area contributed by atoms with Gasteiger partial charge in [0.15, 0.2) is 11.6 Å². The highest BCUT2D eigenvalue weighted by atomic mass is 19.2. The summed E-state index contributed by atoms with van der Waals surface area (Å²) in [6, 6.07) is 4.03. The molecule has 0 heterocycles. The summed E-state index contributed by atoms with van der Waals surface area (Å²) in [6.45, 7) is 0. The van der Waals surface area contributed by atoms with Gasteiger partial charge in [-0.1, -0.05) is 25.0 Å². The summed E-state index contributed by atoms with van der Waals surface area (Å²) in [5, 5.41) is 10.3. The summed E-state index contributed by atoms with van der Waals surface area (Å²) in [4.78, 5) is 0. The molecule has 0 bridgehead atoms. The molecule has 0 radical (unpaired) electrons. The van der Waals surface area contributed by atoms with Crippen LogP contribution in [-0.2, 0) is 11.2 Å². The van der Waals surface area contributed by atoms with E-state index in [1.54, 1.807) is 7.11 Å². The van der Waals surface area contributed by atoms with Crippen molar-refractivity contribution in [2.75, 3.05) is 7.11 Å². The molecule has 1 atom stereocenters. The van der Waals surface area contributed by atoms with Crippen molar-refractivity contribution in [3.63, 3.8) is 0 Å². The fourth-order valence-electron chi connectivity index (χ4n) is 2.75. The first kappa shape index (κ1) is 13.4. The Morgan fingerprint density at radius 1 is 1.33 bits per heavy atom. The summed E-state index contributed by atoms with van der Waals surface area (Å²) in [7, 11) is 1.57. The van der Waals surface area contributed by atoms with Gasteiger partial charge < -0.3 is 9.84 Å². The quantitative estimate of drug-likeness (QED) is 0.897.